The van der Waals surface area contributed by atoms with Crippen LogP contribution in [0.1, 0.15) is 6.42 Å². The fourth-order valence-corrected chi connectivity index (χ4v) is 2.51. The van der Waals surface area contributed by atoms with Crippen LogP contribution in [0.2, 0.25) is 0 Å². The summed E-state index contributed by atoms with van der Waals surface area (Å²) in [6.07, 6.45) is -1.80. The van der Waals surface area contributed by atoms with Gasteiger partial charge in [0.25, 0.3) is 5.91 Å². The van der Waals surface area contributed by atoms with Crippen molar-refractivity contribution in [1.29, 1.82) is 0 Å². The normalized spacial score (nSPS) is 19.9. The minimum atomic E-state index is -2.15. The third-order valence-corrected chi connectivity index (χ3v) is 3.98. The standard InChI is InChI=1S/C16H16F3IN2O3/c17-11-4-3-10(16(24)22-25-7-1-6-23)15(14(11)19)21-13-5-2-9(20)8-12(13)18/h2-5,8,11,14,21,23H,1,6-7H2,(H,22,24)/t11-,14?/m0/s1. The number of anilines is 1. The minimum absolute atomic E-state index is 0.0541. The number of carbonyl (C=O) groups is 1. The topological polar surface area (TPSA) is 70.6 Å². The molecule has 0 radical (unpaired) electrons. The van der Waals surface area contributed by atoms with Crippen molar-refractivity contribution in [3.8, 4) is 0 Å². The highest BCUT2D eigenvalue weighted by molar-refractivity contribution is 14.1. The molecule has 1 amide bonds. The maximum absolute atomic E-state index is 14.3. The highest BCUT2D eigenvalue weighted by Gasteiger charge is 2.31. The average Bonchev–Trinajstić information content (AvgIpc) is 2.58. The molecule has 5 nitrogen and oxygen atoms in total. The number of aliphatic hydroxyl groups is 1. The number of alkyl halides is 2. The predicted molar refractivity (Wildman–Crippen MR) is 94.5 cm³/mol. The Morgan fingerprint density at radius 3 is 2.80 bits per heavy atom. The van der Waals surface area contributed by atoms with E-state index < -0.39 is 29.8 Å². The van der Waals surface area contributed by atoms with Crippen LogP contribution < -0.4 is 10.8 Å². The Hall–Kier alpha value is -1.59. The smallest absolute Gasteiger partial charge is 0.276 e. The van der Waals surface area contributed by atoms with Gasteiger partial charge in [0.05, 0.1) is 23.6 Å². The molecule has 0 fully saturated rings. The van der Waals surface area contributed by atoms with Crippen molar-refractivity contribution in [3.05, 3.63) is 51.0 Å². The van der Waals surface area contributed by atoms with Crippen LogP contribution in [0.4, 0.5) is 18.9 Å². The third-order valence-electron chi connectivity index (χ3n) is 3.31. The highest BCUT2D eigenvalue weighted by atomic mass is 127. The number of aliphatic hydroxyl groups excluding tert-OH is 1. The minimum Gasteiger partial charge on any atom is -0.396 e. The summed E-state index contributed by atoms with van der Waals surface area (Å²) in [4.78, 5) is 17.0. The molecule has 0 bridgehead atoms. The molecule has 0 saturated carbocycles. The number of halogens is 4. The highest BCUT2D eigenvalue weighted by Crippen LogP contribution is 2.28. The Bertz CT molecular complexity index is 697. The van der Waals surface area contributed by atoms with Crippen LogP contribution in [0.3, 0.4) is 0 Å². The first-order valence-corrected chi connectivity index (χ1v) is 8.47. The van der Waals surface area contributed by atoms with Gasteiger partial charge < -0.3 is 10.4 Å². The number of hydroxylamine groups is 1. The molecule has 2 rings (SSSR count). The van der Waals surface area contributed by atoms with E-state index in [1.807, 2.05) is 22.6 Å². The molecule has 0 aromatic heterocycles. The van der Waals surface area contributed by atoms with E-state index in [9.17, 15) is 18.0 Å². The molecule has 0 saturated heterocycles. The zero-order valence-corrected chi connectivity index (χ0v) is 15.1. The van der Waals surface area contributed by atoms with E-state index >= 15 is 0 Å². The molecule has 1 aromatic carbocycles. The Balaban J connectivity index is 2.24. The van der Waals surface area contributed by atoms with Crippen LogP contribution in [0.25, 0.3) is 0 Å². The first-order valence-electron chi connectivity index (χ1n) is 7.39. The summed E-state index contributed by atoms with van der Waals surface area (Å²) >= 11 is 1.91. The van der Waals surface area contributed by atoms with E-state index in [0.29, 0.717) is 9.99 Å². The number of allylic oxidation sites excluding steroid dienone is 2. The lowest BCUT2D eigenvalue weighted by molar-refractivity contribution is -0.129. The van der Waals surface area contributed by atoms with Gasteiger partial charge in [-0.25, -0.2) is 18.7 Å². The van der Waals surface area contributed by atoms with Crippen LogP contribution in [-0.2, 0) is 9.63 Å². The van der Waals surface area contributed by atoms with Gasteiger partial charge in [0, 0.05) is 10.2 Å². The molecular formula is C16H16F3IN2O3. The number of hydrogen-bond donors (Lipinski definition) is 3. The number of carbonyl (C=O) groups excluding carboxylic acids is 1. The number of benzene rings is 1. The summed E-state index contributed by atoms with van der Waals surface area (Å²) in [7, 11) is 0. The van der Waals surface area contributed by atoms with Crippen LogP contribution in [-0.4, -0.2) is 36.6 Å². The summed E-state index contributed by atoms with van der Waals surface area (Å²) in [6, 6.07) is 4.18. The molecule has 136 valence electrons. The van der Waals surface area contributed by atoms with Crippen molar-refractivity contribution in [1.82, 2.24) is 5.48 Å². The van der Waals surface area contributed by atoms with Crippen LogP contribution in [0, 0.1) is 9.39 Å². The van der Waals surface area contributed by atoms with Gasteiger partial charge >= 0.3 is 0 Å². The quantitative estimate of drug-likeness (QED) is 0.327. The van der Waals surface area contributed by atoms with Gasteiger partial charge in [-0.1, -0.05) is 0 Å². The molecular weight excluding hydrogens is 452 g/mol. The van der Waals surface area contributed by atoms with E-state index in [2.05, 4.69) is 10.8 Å². The molecule has 0 heterocycles. The maximum atomic E-state index is 14.3. The van der Waals surface area contributed by atoms with Gasteiger partial charge in [-0.3, -0.25) is 9.63 Å². The van der Waals surface area contributed by atoms with Crippen molar-refractivity contribution in [3.63, 3.8) is 0 Å². The Kier molecular flexibility index (Phi) is 7.26. The number of hydrogen-bond acceptors (Lipinski definition) is 4. The molecule has 1 unspecified atom stereocenters. The van der Waals surface area contributed by atoms with E-state index in [4.69, 9.17) is 9.94 Å². The monoisotopic (exact) mass is 468 g/mol. The zero-order valence-electron chi connectivity index (χ0n) is 12.9. The van der Waals surface area contributed by atoms with E-state index in [0.717, 1.165) is 12.2 Å². The van der Waals surface area contributed by atoms with Crippen LogP contribution in [0.5, 0.6) is 0 Å². The summed E-state index contributed by atoms with van der Waals surface area (Å²) in [5.41, 5.74) is 1.41. The van der Waals surface area contributed by atoms with E-state index in [-0.39, 0.29) is 24.5 Å². The van der Waals surface area contributed by atoms with Crippen molar-refractivity contribution in [2.24, 2.45) is 0 Å². The summed E-state index contributed by atoms with van der Waals surface area (Å²) < 4.78 is 42.5. The zero-order chi connectivity index (χ0) is 18.4. The fraction of sp³-hybridized carbons (Fsp3) is 0.312. The molecule has 9 heteroatoms. The number of nitrogens with one attached hydrogen (secondary N) is 2. The molecule has 25 heavy (non-hydrogen) atoms. The number of amides is 1. The van der Waals surface area contributed by atoms with Gasteiger partial charge in [-0.2, -0.15) is 0 Å². The van der Waals surface area contributed by atoms with Crippen molar-refractivity contribution >= 4 is 34.2 Å². The Morgan fingerprint density at radius 1 is 1.36 bits per heavy atom. The molecule has 2 atom stereocenters. The molecule has 0 spiro atoms. The lowest BCUT2D eigenvalue weighted by Gasteiger charge is -2.23. The summed E-state index contributed by atoms with van der Waals surface area (Å²) in [6.45, 7) is -0.0635. The lowest BCUT2D eigenvalue weighted by atomic mass is 9.99. The van der Waals surface area contributed by atoms with Crippen LogP contribution in [0.15, 0.2) is 41.6 Å². The van der Waals surface area contributed by atoms with Crippen molar-refractivity contribution < 1.29 is 27.9 Å². The maximum Gasteiger partial charge on any atom is 0.276 e. The first-order chi connectivity index (χ1) is 11.9. The van der Waals surface area contributed by atoms with Crippen molar-refractivity contribution in [2.75, 3.05) is 18.5 Å². The van der Waals surface area contributed by atoms with E-state index in [1.165, 1.54) is 12.1 Å². The predicted octanol–water partition coefficient (Wildman–Crippen LogP) is 2.77. The summed E-state index contributed by atoms with van der Waals surface area (Å²) in [5.74, 6) is -1.47. The van der Waals surface area contributed by atoms with E-state index in [1.54, 1.807) is 6.07 Å². The molecule has 0 aliphatic heterocycles. The molecule has 3 N–H and O–H groups in total. The van der Waals surface area contributed by atoms with Gasteiger partial charge in [-0.05, 0) is 59.4 Å². The van der Waals surface area contributed by atoms with Crippen LogP contribution >= 0.6 is 22.6 Å². The second kappa shape index (κ2) is 9.20. The van der Waals surface area contributed by atoms with Gasteiger partial charge in [0.2, 0.25) is 0 Å². The SMILES string of the molecule is O=C(NOCCCO)C1=C(Nc2ccc(I)cc2F)C(F)[C@@H](F)C=C1. The van der Waals surface area contributed by atoms with Gasteiger partial charge in [-0.15, -0.1) is 0 Å². The molecule has 1 aromatic rings. The van der Waals surface area contributed by atoms with Crippen molar-refractivity contribution in [2.45, 2.75) is 18.8 Å². The molecule has 1 aliphatic rings. The average molecular weight is 468 g/mol. The van der Waals surface area contributed by atoms with Gasteiger partial charge in [0.15, 0.2) is 12.3 Å². The lowest BCUT2D eigenvalue weighted by Crippen LogP contribution is -2.33. The third kappa shape index (κ3) is 5.19. The second-order valence-electron chi connectivity index (χ2n) is 5.14. The molecule has 1 aliphatic carbocycles. The number of rotatable bonds is 7. The first kappa shape index (κ1) is 19.7. The second-order valence-corrected chi connectivity index (χ2v) is 6.38. The largest absolute Gasteiger partial charge is 0.396 e. The summed E-state index contributed by atoms with van der Waals surface area (Å²) in [5, 5.41) is 11.1. The Morgan fingerprint density at radius 2 is 2.12 bits per heavy atom. The van der Waals surface area contributed by atoms with Gasteiger partial charge in [0.1, 0.15) is 5.82 Å². The fourth-order valence-electron chi connectivity index (χ4n) is 2.06. The Labute approximate surface area is 156 Å².